The fraction of sp³-hybridized carbons (Fsp3) is 0.200. The summed E-state index contributed by atoms with van der Waals surface area (Å²) in [6, 6.07) is 0. The van der Waals surface area contributed by atoms with Gasteiger partial charge in [0.1, 0.15) is 0 Å². The molecule has 0 saturated carbocycles. The zero-order valence-corrected chi connectivity index (χ0v) is 7.95. The lowest BCUT2D eigenvalue weighted by Crippen LogP contribution is -1.72. The molecule has 0 spiro atoms. The number of rotatable bonds is 4. The summed E-state index contributed by atoms with van der Waals surface area (Å²) in [5, 5.41) is 1.83. The zero-order valence-electron chi connectivity index (χ0n) is 7.13. The standard InChI is InChI=1S/C10H14S/c1-5-7-8-9(3)10(4)11-6-2/h5-8H,1-2H2,3-4H3/b8-7-,10-9+. The molecule has 0 fully saturated rings. The molecule has 0 heterocycles. The van der Waals surface area contributed by atoms with Crippen LogP contribution < -0.4 is 0 Å². The molecule has 11 heavy (non-hydrogen) atoms. The van der Waals surface area contributed by atoms with E-state index in [2.05, 4.69) is 27.0 Å². The van der Waals surface area contributed by atoms with E-state index in [9.17, 15) is 0 Å². The van der Waals surface area contributed by atoms with Crippen LogP contribution >= 0.6 is 11.8 Å². The van der Waals surface area contributed by atoms with Gasteiger partial charge in [0.25, 0.3) is 0 Å². The summed E-state index contributed by atoms with van der Waals surface area (Å²) in [4.78, 5) is 1.28. The molecule has 1 heteroatoms. The molecular weight excluding hydrogens is 152 g/mol. The lowest BCUT2D eigenvalue weighted by atomic mass is 10.2. The highest BCUT2D eigenvalue weighted by molar-refractivity contribution is 8.05. The molecule has 0 aliphatic heterocycles. The van der Waals surface area contributed by atoms with E-state index in [1.54, 1.807) is 17.8 Å². The molecular formula is C10H14S. The molecule has 0 rings (SSSR count). The summed E-state index contributed by atoms with van der Waals surface area (Å²) in [5.41, 5.74) is 1.26. The number of thioether (sulfide) groups is 1. The number of hydrogen-bond acceptors (Lipinski definition) is 1. The molecule has 60 valence electrons. The Kier molecular flexibility index (Phi) is 5.67. The molecule has 0 amide bonds. The van der Waals surface area contributed by atoms with Gasteiger partial charge >= 0.3 is 0 Å². The van der Waals surface area contributed by atoms with E-state index in [4.69, 9.17) is 0 Å². The third kappa shape index (κ3) is 4.68. The summed E-state index contributed by atoms with van der Waals surface area (Å²) in [7, 11) is 0. The molecule has 0 unspecified atom stereocenters. The highest BCUT2D eigenvalue weighted by Crippen LogP contribution is 2.19. The number of hydrogen-bond donors (Lipinski definition) is 0. The van der Waals surface area contributed by atoms with Crippen LogP contribution in [0.15, 0.2) is 47.3 Å². The Morgan fingerprint density at radius 3 is 2.36 bits per heavy atom. The Balaban J connectivity index is 4.25. The van der Waals surface area contributed by atoms with Crippen molar-refractivity contribution in [3.05, 3.63) is 47.3 Å². The van der Waals surface area contributed by atoms with Gasteiger partial charge in [-0.2, -0.15) is 0 Å². The van der Waals surface area contributed by atoms with Crippen molar-refractivity contribution in [1.29, 1.82) is 0 Å². The first-order valence-corrected chi connectivity index (χ1v) is 4.34. The molecule has 0 atom stereocenters. The van der Waals surface area contributed by atoms with Crippen molar-refractivity contribution in [2.45, 2.75) is 13.8 Å². The molecule has 0 aliphatic rings. The molecule has 0 nitrogen and oxygen atoms in total. The molecule has 0 aromatic heterocycles. The van der Waals surface area contributed by atoms with E-state index >= 15 is 0 Å². The lowest BCUT2D eigenvalue weighted by molar-refractivity contribution is 1.45. The average molecular weight is 166 g/mol. The van der Waals surface area contributed by atoms with Crippen molar-refractivity contribution >= 4 is 11.8 Å². The van der Waals surface area contributed by atoms with Crippen LogP contribution in [0.5, 0.6) is 0 Å². The second-order valence-electron chi connectivity index (χ2n) is 2.12. The van der Waals surface area contributed by atoms with Crippen LogP contribution in [0.4, 0.5) is 0 Å². The van der Waals surface area contributed by atoms with Crippen molar-refractivity contribution in [2.24, 2.45) is 0 Å². The van der Waals surface area contributed by atoms with Gasteiger partial charge in [-0.25, -0.2) is 0 Å². The summed E-state index contributed by atoms with van der Waals surface area (Å²) in [5.74, 6) is 0. The van der Waals surface area contributed by atoms with Gasteiger partial charge in [-0.05, 0) is 29.7 Å². The van der Waals surface area contributed by atoms with E-state index in [0.717, 1.165) is 0 Å². The van der Waals surface area contributed by atoms with Crippen molar-refractivity contribution in [2.75, 3.05) is 0 Å². The highest BCUT2D eigenvalue weighted by atomic mass is 32.2. The minimum Gasteiger partial charge on any atom is -0.103 e. The molecule has 0 saturated heterocycles. The van der Waals surface area contributed by atoms with Crippen LogP contribution in [-0.2, 0) is 0 Å². The van der Waals surface area contributed by atoms with Crippen LogP contribution in [0.2, 0.25) is 0 Å². The van der Waals surface area contributed by atoms with Crippen LogP contribution in [0.3, 0.4) is 0 Å². The third-order valence-corrected chi connectivity index (χ3v) is 2.14. The topological polar surface area (TPSA) is 0 Å². The van der Waals surface area contributed by atoms with E-state index in [1.807, 2.05) is 17.6 Å². The summed E-state index contributed by atoms with van der Waals surface area (Å²) < 4.78 is 0. The second kappa shape index (κ2) is 6.05. The van der Waals surface area contributed by atoms with E-state index in [0.29, 0.717) is 0 Å². The van der Waals surface area contributed by atoms with Crippen LogP contribution in [0.25, 0.3) is 0 Å². The second-order valence-corrected chi connectivity index (χ2v) is 3.30. The summed E-state index contributed by atoms with van der Waals surface area (Å²) in [6.07, 6.45) is 5.75. The first kappa shape index (κ1) is 10.3. The molecule has 0 radical (unpaired) electrons. The predicted octanol–water partition coefficient (Wildman–Crippen LogP) is 3.90. The molecule has 0 bridgehead atoms. The van der Waals surface area contributed by atoms with E-state index < -0.39 is 0 Å². The molecule has 0 aromatic rings. The first-order valence-electron chi connectivity index (χ1n) is 3.46. The lowest BCUT2D eigenvalue weighted by Gasteiger charge is -1.97. The Labute approximate surface area is 73.4 Å². The Morgan fingerprint density at radius 2 is 1.91 bits per heavy atom. The fourth-order valence-corrected chi connectivity index (χ4v) is 1.05. The number of allylic oxidation sites excluding steroid dienone is 5. The van der Waals surface area contributed by atoms with Gasteiger partial charge in [0.15, 0.2) is 0 Å². The van der Waals surface area contributed by atoms with Crippen molar-refractivity contribution in [3.63, 3.8) is 0 Å². The van der Waals surface area contributed by atoms with Crippen LogP contribution in [0.1, 0.15) is 13.8 Å². The zero-order chi connectivity index (χ0) is 8.69. The van der Waals surface area contributed by atoms with Crippen molar-refractivity contribution < 1.29 is 0 Å². The maximum atomic E-state index is 3.65. The van der Waals surface area contributed by atoms with Gasteiger partial charge in [0.05, 0.1) is 0 Å². The average Bonchev–Trinajstić information content (AvgIpc) is 2.00. The van der Waals surface area contributed by atoms with E-state index in [-0.39, 0.29) is 0 Å². The maximum absolute atomic E-state index is 3.65. The quantitative estimate of drug-likeness (QED) is 0.571. The van der Waals surface area contributed by atoms with Gasteiger partial charge in [-0.1, -0.05) is 31.4 Å². The maximum Gasteiger partial charge on any atom is -0.0110 e. The Bertz CT molecular complexity index is 197. The minimum atomic E-state index is 1.26. The molecule has 0 aliphatic carbocycles. The predicted molar refractivity (Wildman–Crippen MR) is 55.5 cm³/mol. The third-order valence-electron chi connectivity index (χ3n) is 1.30. The summed E-state index contributed by atoms with van der Waals surface area (Å²) in [6.45, 7) is 11.4. The first-order chi connectivity index (χ1) is 5.22. The largest absolute Gasteiger partial charge is 0.103 e. The van der Waals surface area contributed by atoms with Gasteiger partial charge in [0, 0.05) is 0 Å². The Hall–Kier alpha value is -0.690. The van der Waals surface area contributed by atoms with Crippen molar-refractivity contribution in [3.8, 4) is 0 Å². The minimum absolute atomic E-state index is 1.26. The van der Waals surface area contributed by atoms with Gasteiger partial charge in [0.2, 0.25) is 0 Å². The summed E-state index contributed by atoms with van der Waals surface area (Å²) >= 11 is 1.65. The SMILES string of the molecule is C=C/C=C\C(C)=C(/C)SC=C. The monoisotopic (exact) mass is 166 g/mol. The van der Waals surface area contributed by atoms with Crippen molar-refractivity contribution in [1.82, 2.24) is 0 Å². The molecule has 0 N–H and O–H groups in total. The normalized spacial score (nSPS) is 12.9. The van der Waals surface area contributed by atoms with Gasteiger partial charge < -0.3 is 0 Å². The highest BCUT2D eigenvalue weighted by Gasteiger charge is 1.89. The van der Waals surface area contributed by atoms with Crippen LogP contribution in [0, 0.1) is 0 Å². The smallest absolute Gasteiger partial charge is 0.0110 e. The molecule has 0 aromatic carbocycles. The van der Waals surface area contributed by atoms with E-state index in [1.165, 1.54) is 10.5 Å². The van der Waals surface area contributed by atoms with Gasteiger partial charge in [-0.3, -0.25) is 0 Å². The fourth-order valence-electron chi connectivity index (χ4n) is 0.548. The Morgan fingerprint density at radius 1 is 1.27 bits per heavy atom. The van der Waals surface area contributed by atoms with Gasteiger partial charge in [-0.15, -0.1) is 11.8 Å². The van der Waals surface area contributed by atoms with Crippen LogP contribution in [-0.4, -0.2) is 0 Å².